The normalized spacial score (nSPS) is 11.3. The lowest BCUT2D eigenvalue weighted by molar-refractivity contribution is 0.0950. The standard InChI is InChI=1S/C19H19N5O2/c1-24-12-6-9-17(24)15-13-16(22-21-15)19(25)23-20-11-5-8-14-7-3-4-10-18(14)26-2/h3-13H,1-2H3,(H,21,22)(H,23,25). The number of allylic oxidation sites excluding steroid dienone is 1. The molecule has 2 N–H and O–H groups in total. The number of hydrogen-bond donors (Lipinski definition) is 2. The van der Waals surface area contributed by atoms with Crippen LogP contribution in [0.3, 0.4) is 0 Å². The average Bonchev–Trinajstić information content (AvgIpc) is 3.30. The van der Waals surface area contributed by atoms with E-state index < -0.39 is 0 Å². The molecule has 2 aromatic heterocycles. The Balaban J connectivity index is 1.59. The Morgan fingerprint density at radius 3 is 2.92 bits per heavy atom. The van der Waals surface area contributed by atoms with Crippen molar-refractivity contribution in [3.8, 4) is 17.1 Å². The highest BCUT2D eigenvalue weighted by molar-refractivity contribution is 5.93. The number of aryl methyl sites for hydroxylation is 1. The Labute approximate surface area is 151 Å². The first-order chi connectivity index (χ1) is 12.7. The molecule has 3 aromatic rings. The molecule has 1 amide bonds. The monoisotopic (exact) mass is 349 g/mol. The maximum absolute atomic E-state index is 12.1. The van der Waals surface area contributed by atoms with E-state index in [0.29, 0.717) is 11.4 Å². The van der Waals surface area contributed by atoms with Gasteiger partial charge in [0.25, 0.3) is 5.91 Å². The lowest BCUT2D eigenvalue weighted by atomic mass is 10.2. The van der Waals surface area contributed by atoms with Crippen molar-refractivity contribution >= 4 is 18.2 Å². The SMILES string of the molecule is COc1ccccc1C=CC=NNC(=O)c1cc(-c2cccn2C)n[nH]1. The summed E-state index contributed by atoms with van der Waals surface area (Å²) in [4.78, 5) is 12.1. The highest BCUT2D eigenvalue weighted by Crippen LogP contribution is 2.18. The summed E-state index contributed by atoms with van der Waals surface area (Å²) in [5.41, 5.74) is 5.34. The topological polar surface area (TPSA) is 84.3 Å². The largest absolute Gasteiger partial charge is 0.496 e. The minimum Gasteiger partial charge on any atom is -0.496 e. The Morgan fingerprint density at radius 1 is 1.31 bits per heavy atom. The minimum absolute atomic E-state index is 0.340. The maximum Gasteiger partial charge on any atom is 0.289 e. The van der Waals surface area contributed by atoms with E-state index in [1.807, 2.05) is 60.3 Å². The quantitative estimate of drug-likeness (QED) is 0.530. The molecule has 0 spiro atoms. The fourth-order valence-corrected chi connectivity index (χ4v) is 2.45. The van der Waals surface area contributed by atoms with E-state index in [1.165, 1.54) is 6.21 Å². The van der Waals surface area contributed by atoms with Crippen LogP contribution in [0.2, 0.25) is 0 Å². The summed E-state index contributed by atoms with van der Waals surface area (Å²) in [5.74, 6) is 0.409. The van der Waals surface area contributed by atoms with Gasteiger partial charge >= 0.3 is 0 Å². The lowest BCUT2D eigenvalue weighted by Crippen LogP contribution is -2.17. The van der Waals surface area contributed by atoms with Gasteiger partial charge in [0.2, 0.25) is 0 Å². The Morgan fingerprint density at radius 2 is 2.15 bits per heavy atom. The van der Waals surface area contributed by atoms with Gasteiger partial charge in [-0.1, -0.05) is 18.2 Å². The molecular formula is C19H19N5O2. The molecule has 7 nitrogen and oxygen atoms in total. The van der Waals surface area contributed by atoms with Crippen molar-refractivity contribution in [1.82, 2.24) is 20.2 Å². The smallest absolute Gasteiger partial charge is 0.289 e. The number of H-pyrrole nitrogens is 1. The van der Waals surface area contributed by atoms with Gasteiger partial charge in [-0.3, -0.25) is 9.89 Å². The third-order valence-electron chi connectivity index (χ3n) is 3.77. The van der Waals surface area contributed by atoms with Gasteiger partial charge in [-0.25, -0.2) is 5.43 Å². The first kappa shape index (κ1) is 17.2. The molecule has 0 fully saturated rings. The van der Waals surface area contributed by atoms with Crippen LogP contribution < -0.4 is 10.2 Å². The van der Waals surface area contributed by atoms with Crippen LogP contribution in [0.15, 0.2) is 59.8 Å². The number of carbonyl (C=O) groups excluding carboxylic acids is 1. The van der Waals surface area contributed by atoms with Gasteiger partial charge in [0, 0.05) is 25.0 Å². The summed E-state index contributed by atoms with van der Waals surface area (Å²) >= 11 is 0. The number of rotatable bonds is 6. The van der Waals surface area contributed by atoms with Crippen LogP contribution in [0.25, 0.3) is 17.5 Å². The zero-order chi connectivity index (χ0) is 18.4. The van der Waals surface area contributed by atoms with Crippen LogP contribution in [0.1, 0.15) is 16.1 Å². The molecule has 132 valence electrons. The molecule has 0 radical (unpaired) electrons. The summed E-state index contributed by atoms with van der Waals surface area (Å²) < 4.78 is 7.19. The number of hydrazone groups is 1. The number of nitrogens with one attached hydrogen (secondary N) is 2. The Kier molecular flexibility index (Phi) is 5.28. The van der Waals surface area contributed by atoms with Gasteiger partial charge in [0.15, 0.2) is 0 Å². The zero-order valence-corrected chi connectivity index (χ0v) is 14.5. The molecule has 0 aliphatic heterocycles. The summed E-state index contributed by atoms with van der Waals surface area (Å²) in [6.07, 6.45) is 6.99. The number of methoxy groups -OCH3 is 1. The molecule has 0 saturated carbocycles. The molecule has 0 atom stereocenters. The van der Waals surface area contributed by atoms with Gasteiger partial charge in [-0.15, -0.1) is 0 Å². The third-order valence-corrected chi connectivity index (χ3v) is 3.77. The predicted molar refractivity (Wildman–Crippen MR) is 101 cm³/mol. The van der Waals surface area contributed by atoms with E-state index in [1.54, 1.807) is 19.3 Å². The van der Waals surface area contributed by atoms with Crippen LogP contribution >= 0.6 is 0 Å². The van der Waals surface area contributed by atoms with Crippen LogP contribution in [0.4, 0.5) is 0 Å². The summed E-state index contributed by atoms with van der Waals surface area (Å²) in [6.45, 7) is 0. The second-order valence-electron chi connectivity index (χ2n) is 5.49. The van der Waals surface area contributed by atoms with Crippen LogP contribution in [0.5, 0.6) is 5.75 Å². The first-order valence-electron chi connectivity index (χ1n) is 7.99. The van der Waals surface area contributed by atoms with Crippen LogP contribution in [0, 0.1) is 0 Å². The van der Waals surface area contributed by atoms with Crippen molar-refractivity contribution < 1.29 is 9.53 Å². The van der Waals surface area contributed by atoms with Gasteiger partial charge in [-0.05, 0) is 36.4 Å². The van der Waals surface area contributed by atoms with Crippen molar-refractivity contribution in [2.24, 2.45) is 12.1 Å². The summed E-state index contributed by atoms with van der Waals surface area (Å²) in [5, 5.41) is 10.8. The lowest BCUT2D eigenvalue weighted by Gasteiger charge is -2.02. The maximum atomic E-state index is 12.1. The highest BCUT2D eigenvalue weighted by atomic mass is 16.5. The first-order valence-corrected chi connectivity index (χ1v) is 7.99. The summed E-state index contributed by atoms with van der Waals surface area (Å²) in [6, 6.07) is 13.2. The molecule has 0 unspecified atom stereocenters. The fourth-order valence-electron chi connectivity index (χ4n) is 2.45. The van der Waals surface area contributed by atoms with Crippen molar-refractivity contribution in [2.75, 3.05) is 7.11 Å². The van der Waals surface area contributed by atoms with E-state index in [4.69, 9.17) is 4.74 Å². The van der Waals surface area contributed by atoms with Crippen LogP contribution in [-0.4, -0.2) is 34.0 Å². The molecule has 7 heteroatoms. The number of amides is 1. The second kappa shape index (κ2) is 7.98. The minimum atomic E-state index is -0.361. The van der Waals surface area contributed by atoms with Crippen molar-refractivity contribution in [3.63, 3.8) is 0 Å². The van der Waals surface area contributed by atoms with E-state index in [9.17, 15) is 4.79 Å². The molecule has 26 heavy (non-hydrogen) atoms. The van der Waals surface area contributed by atoms with Crippen molar-refractivity contribution in [1.29, 1.82) is 0 Å². The number of nitrogens with zero attached hydrogens (tertiary/aromatic N) is 3. The molecular weight excluding hydrogens is 330 g/mol. The fraction of sp³-hybridized carbons (Fsp3) is 0.105. The van der Waals surface area contributed by atoms with Crippen molar-refractivity contribution in [3.05, 3.63) is 66.0 Å². The average molecular weight is 349 g/mol. The van der Waals surface area contributed by atoms with Gasteiger partial charge < -0.3 is 9.30 Å². The molecule has 2 heterocycles. The molecule has 0 aliphatic rings. The predicted octanol–water partition coefficient (Wildman–Crippen LogP) is 2.85. The summed E-state index contributed by atoms with van der Waals surface area (Å²) in [7, 11) is 3.54. The van der Waals surface area contributed by atoms with Crippen molar-refractivity contribution in [2.45, 2.75) is 0 Å². The zero-order valence-electron chi connectivity index (χ0n) is 14.5. The molecule has 0 aliphatic carbocycles. The molecule has 0 bridgehead atoms. The van der Waals surface area contributed by atoms with E-state index in [2.05, 4.69) is 20.7 Å². The van der Waals surface area contributed by atoms with Gasteiger partial charge in [0.1, 0.15) is 17.1 Å². The molecule has 0 saturated heterocycles. The van der Waals surface area contributed by atoms with E-state index in [-0.39, 0.29) is 5.91 Å². The van der Waals surface area contributed by atoms with E-state index >= 15 is 0 Å². The molecule has 1 aromatic carbocycles. The van der Waals surface area contributed by atoms with Gasteiger partial charge in [0.05, 0.1) is 12.8 Å². The number of carbonyl (C=O) groups is 1. The number of hydrogen-bond acceptors (Lipinski definition) is 4. The molecule has 3 rings (SSSR count). The second-order valence-corrected chi connectivity index (χ2v) is 5.49. The van der Waals surface area contributed by atoms with Crippen LogP contribution in [-0.2, 0) is 7.05 Å². The third kappa shape index (κ3) is 3.89. The number of aromatic amines is 1. The van der Waals surface area contributed by atoms with E-state index in [0.717, 1.165) is 17.0 Å². The highest BCUT2D eigenvalue weighted by Gasteiger charge is 2.11. The Hall–Kier alpha value is -3.61. The number of para-hydroxylation sites is 1. The number of ether oxygens (including phenoxy) is 1. The number of benzene rings is 1. The Bertz CT molecular complexity index is 952. The number of aromatic nitrogens is 3. The van der Waals surface area contributed by atoms with Gasteiger partial charge in [-0.2, -0.15) is 10.2 Å².